The molecule has 5 nitrogen and oxygen atoms in total. The molecule has 0 aliphatic carbocycles. The van der Waals surface area contributed by atoms with Crippen molar-refractivity contribution in [3.05, 3.63) is 70.8 Å². The van der Waals surface area contributed by atoms with Crippen LogP contribution < -0.4 is 10.1 Å². The van der Waals surface area contributed by atoms with Crippen molar-refractivity contribution in [1.29, 1.82) is 0 Å². The van der Waals surface area contributed by atoms with Gasteiger partial charge in [0.2, 0.25) is 0 Å². The molecular formula is C18H18N2O3S. The average molecular weight is 342 g/mol. The fourth-order valence-corrected chi connectivity index (χ4v) is 2.98. The van der Waals surface area contributed by atoms with Gasteiger partial charge < -0.3 is 19.4 Å². The van der Waals surface area contributed by atoms with Gasteiger partial charge in [-0.15, -0.1) is 11.3 Å². The molecule has 0 unspecified atom stereocenters. The number of methoxy groups -OCH3 is 1. The van der Waals surface area contributed by atoms with Gasteiger partial charge in [0.25, 0.3) is 0 Å². The Kier molecular flexibility index (Phi) is 5.18. The first-order valence-electron chi connectivity index (χ1n) is 7.49. The van der Waals surface area contributed by atoms with Gasteiger partial charge in [0.1, 0.15) is 11.5 Å². The zero-order valence-corrected chi connectivity index (χ0v) is 14.1. The lowest BCUT2D eigenvalue weighted by Gasteiger charge is -2.21. The van der Waals surface area contributed by atoms with Crippen LogP contribution in [0.15, 0.2) is 64.6 Å². The van der Waals surface area contributed by atoms with E-state index in [2.05, 4.69) is 5.32 Å². The van der Waals surface area contributed by atoms with Crippen molar-refractivity contribution in [2.75, 3.05) is 12.4 Å². The number of amides is 2. The summed E-state index contributed by atoms with van der Waals surface area (Å²) in [6.45, 7) is 0.938. The highest BCUT2D eigenvalue weighted by Crippen LogP contribution is 2.18. The number of rotatable bonds is 6. The van der Waals surface area contributed by atoms with Crippen molar-refractivity contribution in [2.24, 2.45) is 0 Å². The third-order valence-electron chi connectivity index (χ3n) is 3.48. The molecule has 0 saturated heterocycles. The number of benzene rings is 1. The third-order valence-corrected chi connectivity index (χ3v) is 4.34. The predicted molar refractivity (Wildman–Crippen MR) is 94.3 cm³/mol. The Morgan fingerprint density at radius 1 is 1.17 bits per heavy atom. The van der Waals surface area contributed by atoms with Gasteiger partial charge in [-0.2, -0.15) is 0 Å². The molecule has 0 aliphatic heterocycles. The fourth-order valence-electron chi connectivity index (χ4n) is 2.26. The SMILES string of the molecule is COc1ccc(NC(=O)N(Cc2ccco2)Cc2cccs2)cc1. The van der Waals surface area contributed by atoms with Crippen LogP contribution in [0.2, 0.25) is 0 Å². The quantitative estimate of drug-likeness (QED) is 0.713. The first-order chi connectivity index (χ1) is 11.7. The number of carbonyl (C=O) groups excluding carboxylic acids is 1. The minimum atomic E-state index is -0.176. The normalized spacial score (nSPS) is 10.4. The van der Waals surface area contributed by atoms with Crippen LogP contribution in [0.4, 0.5) is 10.5 Å². The number of anilines is 1. The number of urea groups is 1. The summed E-state index contributed by atoms with van der Waals surface area (Å²) in [5, 5.41) is 4.91. The van der Waals surface area contributed by atoms with Crippen molar-refractivity contribution in [3.8, 4) is 5.75 Å². The summed E-state index contributed by atoms with van der Waals surface area (Å²) in [5.41, 5.74) is 0.719. The summed E-state index contributed by atoms with van der Waals surface area (Å²) in [4.78, 5) is 15.5. The van der Waals surface area contributed by atoms with Crippen LogP contribution in [0, 0.1) is 0 Å². The lowest BCUT2D eigenvalue weighted by molar-refractivity contribution is 0.202. The summed E-state index contributed by atoms with van der Waals surface area (Å²) in [7, 11) is 1.61. The molecule has 1 N–H and O–H groups in total. The Morgan fingerprint density at radius 3 is 2.62 bits per heavy atom. The van der Waals surface area contributed by atoms with Crippen LogP contribution >= 0.6 is 11.3 Å². The van der Waals surface area contributed by atoms with E-state index >= 15 is 0 Å². The molecule has 0 fully saturated rings. The van der Waals surface area contributed by atoms with Gasteiger partial charge in [-0.05, 0) is 47.8 Å². The summed E-state index contributed by atoms with van der Waals surface area (Å²) in [6, 6.07) is 14.7. The van der Waals surface area contributed by atoms with E-state index in [1.165, 1.54) is 0 Å². The van der Waals surface area contributed by atoms with Crippen LogP contribution in [-0.2, 0) is 13.1 Å². The Morgan fingerprint density at radius 2 is 2.00 bits per heavy atom. The van der Waals surface area contributed by atoms with E-state index in [9.17, 15) is 4.79 Å². The van der Waals surface area contributed by atoms with E-state index in [1.807, 2.05) is 53.9 Å². The summed E-state index contributed by atoms with van der Waals surface area (Å²) >= 11 is 1.62. The second kappa shape index (κ2) is 7.70. The molecule has 0 atom stereocenters. The highest BCUT2D eigenvalue weighted by molar-refractivity contribution is 7.09. The van der Waals surface area contributed by atoms with E-state index in [0.717, 1.165) is 22.1 Å². The molecule has 6 heteroatoms. The molecular weight excluding hydrogens is 324 g/mol. The maximum atomic E-state index is 12.7. The minimum absolute atomic E-state index is 0.176. The van der Waals surface area contributed by atoms with Gasteiger partial charge in [-0.1, -0.05) is 6.07 Å². The highest BCUT2D eigenvalue weighted by atomic mass is 32.1. The Labute approximate surface area is 144 Å². The van der Waals surface area contributed by atoms with Crippen molar-refractivity contribution in [2.45, 2.75) is 13.1 Å². The molecule has 0 spiro atoms. The van der Waals surface area contributed by atoms with E-state index in [4.69, 9.17) is 9.15 Å². The Hall–Kier alpha value is -2.73. The first-order valence-corrected chi connectivity index (χ1v) is 8.37. The van der Waals surface area contributed by atoms with E-state index in [0.29, 0.717) is 13.1 Å². The van der Waals surface area contributed by atoms with Crippen LogP contribution in [0.25, 0.3) is 0 Å². The Balaban J connectivity index is 1.71. The molecule has 0 bridgehead atoms. The van der Waals surface area contributed by atoms with Gasteiger partial charge in [0.05, 0.1) is 26.5 Å². The maximum Gasteiger partial charge on any atom is 0.322 e. The van der Waals surface area contributed by atoms with Crippen LogP contribution in [0.1, 0.15) is 10.6 Å². The number of ether oxygens (including phenoxy) is 1. The van der Waals surface area contributed by atoms with Crippen LogP contribution in [-0.4, -0.2) is 18.0 Å². The molecule has 0 aliphatic rings. The van der Waals surface area contributed by atoms with E-state index in [-0.39, 0.29) is 6.03 Å². The molecule has 2 amide bonds. The topological polar surface area (TPSA) is 54.7 Å². The third kappa shape index (κ3) is 4.17. The number of hydrogen-bond acceptors (Lipinski definition) is 4. The molecule has 2 aromatic heterocycles. The number of thiophene rings is 1. The second-order valence-electron chi connectivity index (χ2n) is 5.17. The average Bonchev–Trinajstić information content (AvgIpc) is 3.29. The number of nitrogens with zero attached hydrogens (tertiary/aromatic N) is 1. The predicted octanol–water partition coefficient (Wildman–Crippen LogP) is 4.58. The summed E-state index contributed by atoms with van der Waals surface area (Å²) in [6.07, 6.45) is 1.61. The minimum Gasteiger partial charge on any atom is -0.497 e. The zero-order chi connectivity index (χ0) is 16.8. The molecule has 3 aromatic rings. The largest absolute Gasteiger partial charge is 0.497 e. The molecule has 3 rings (SSSR count). The van der Waals surface area contributed by atoms with E-state index < -0.39 is 0 Å². The summed E-state index contributed by atoms with van der Waals surface area (Å²) in [5.74, 6) is 1.50. The van der Waals surface area contributed by atoms with Crippen LogP contribution in [0.5, 0.6) is 5.75 Å². The monoisotopic (exact) mass is 342 g/mol. The fraction of sp³-hybridized carbons (Fsp3) is 0.167. The van der Waals surface area contributed by atoms with Gasteiger partial charge in [0.15, 0.2) is 0 Å². The zero-order valence-electron chi connectivity index (χ0n) is 13.3. The van der Waals surface area contributed by atoms with E-state index in [1.54, 1.807) is 29.6 Å². The second-order valence-corrected chi connectivity index (χ2v) is 6.21. The molecule has 24 heavy (non-hydrogen) atoms. The molecule has 124 valence electrons. The lowest BCUT2D eigenvalue weighted by atomic mass is 10.3. The number of carbonyl (C=O) groups is 1. The van der Waals surface area contributed by atoms with Gasteiger partial charge in [-0.25, -0.2) is 4.79 Å². The van der Waals surface area contributed by atoms with Crippen molar-refractivity contribution >= 4 is 23.1 Å². The summed E-state index contributed by atoms with van der Waals surface area (Å²) < 4.78 is 10.5. The lowest BCUT2D eigenvalue weighted by Crippen LogP contribution is -2.33. The molecule has 1 aromatic carbocycles. The first kappa shape index (κ1) is 16.1. The van der Waals surface area contributed by atoms with Gasteiger partial charge in [0, 0.05) is 10.6 Å². The number of hydrogen-bond donors (Lipinski definition) is 1. The van der Waals surface area contributed by atoms with Crippen LogP contribution in [0.3, 0.4) is 0 Å². The molecule has 0 saturated carbocycles. The Bertz CT molecular complexity index is 716. The van der Waals surface area contributed by atoms with Crippen molar-refractivity contribution in [1.82, 2.24) is 4.90 Å². The van der Waals surface area contributed by atoms with Gasteiger partial charge >= 0.3 is 6.03 Å². The smallest absolute Gasteiger partial charge is 0.322 e. The maximum absolute atomic E-state index is 12.7. The molecule has 2 heterocycles. The molecule has 0 radical (unpaired) electrons. The van der Waals surface area contributed by atoms with Crippen molar-refractivity contribution in [3.63, 3.8) is 0 Å². The highest BCUT2D eigenvalue weighted by Gasteiger charge is 2.16. The van der Waals surface area contributed by atoms with Crippen molar-refractivity contribution < 1.29 is 13.9 Å². The van der Waals surface area contributed by atoms with Gasteiger partial charge in [-0.3, -0.25) is 0 Å². The number of nitrogens with one attached hydrogen (secondary N) is 1. The standard InChI is InChI=1S/C18H18N2O3S/c1-22-15-8-6-14(7-9-15)19-18(21)20(12-16-4-2-10-23-16)13-17-5-3-11-24-17/h2-11H,12-13H2,1H3,(H,19,21). The number of furan rings is 1.